The molecule has 2 aliphatic rings. The van der Waals surface area contributed by atoms with Gasteiger partial charge in [0.25, 0.3) is 0 Å². The van der Waals surface area contributed by atoms with Gasteiger partial charge in [-0.1, -0.05) is 23.7 Å². The van der Waals surface area contributed by atoms with E-state index in [1.54, 1.807) is 30.8 Å². The number of benzene rings is 2. The quantitative estimate of drug-likeness (QED) is 0.467. The van der Waals surface area contributed by atoms with Crippen molar-refractivity contribution in [2.24, 2.45) is 5.73 Å². The maximum Gasteiger partial charge on any atom is 0.338 e. The minimum absolute atomic E-state index is 0.0402. The molecule has 0 aromatic heterocycles. The van der Waals surface area contributed by atoms with Gasteiger partial charge in [0, 0.05) is 33.3 Å². The maximum atomic E-state index is 13.3. The molecule has 4 rings (SSSR count). The molecule has 0 saturated heterocycles. The van der Waals surface area contributed by atoms with E-state index in [-0.39, 0.29) is 18.2 Å². The Kier molecular flexibility index (Phi) is 6.63. The Morgan fingerprint density at radius 1 is 1.16 bits per heavy atom. The fourth-order valence-corrected chi connectivity index (χ4v) is 4.94. The Morgan fingerprint density at radius 2 is 1.84 bits per heavy atom. The third-order valence-electron chi connectivity index (χ3n) is 5.82. The molecule has 166 valence electrons. The van der Waals surface area contributed by atoms with Crippen LogP contribution in [0.3, 0.4) is 0 Å². The average molecular weight is 469 g/mol. The maximum absolute atomic E-state index is 13.3. The van der Waals surface area contributed by atoms with Gasteiger partial charge in [0.05, 0.1) is 18.1 Å². The van der Waals surface area contributed by atoms with E-state index in [1.165, 1.54) is 0 Å². The molecule has 2 aromatic carbocycles. The number of hydrogen-bond acceptors (Lipinski definition) is 6. The molecule has 0 bridgehead atoms. The molecule has 32 heavy (non-hydrogen) atoms. The fraction of sp³-hybridized carbons (Fsp3) is 0.280. The summed E-state index contributed by atoms with van der Waals surface area (Å²) in [6, 6.07) is 15.2. The van der Waals surface area contributed by atoms with Crippen molar-refractivity contribution < 1.29 is 14.3 Å². The highest BCUT2D eigenvalue weighted by Gasteiger charge is 2.43. The summed E-state index contributed by atoms with van der Waals surface area (Å²) in [5.41, 5.74) is 10.1. The Labute approximate surface area is 197 Å². The molecule has 2 N–H and O–H groups in total. The molecule has 7 heteroatoms. The van der Waals surface area contributed by atoms with E-state index >= 15 is 0 Å². The van der Waals surface area contributed by atoms with Gasteiger partial charge < -0.3 is 10.5 Å². The summed E-state index contributed by atoms with van der Waals surface area (Å²) in [4.78, 5) is 29.4. The molecular formula is C25H25ClN2O3S. The second kappa shape index (κ2) is 9.43. The highest BCUT2D eigenvalue weighted by atomic mass is 35.5. The summed E-state index contributed by atoms with van der Waals surface area (Å²) in [6.07, 6.45) is 3.89. The van der Waals surface area contributed by atoms with Gasteiger partial charge in [0.2, 0.25) is 0 Å². The molecule has 0 radical (unpaired) electrons. The van der Waals surface area contributed by atoms with E-state index in [2.05, 4.69) is 0 Å². The summed E-state index contributed by atoms with van der Waals surface area (Å²) in [7, 11) is 0. The number of nitrogens with two attached hydrogens (primary N) is 1. The highest BCUT2D eigenvalue weighted by molar-refractivity contribution is 7.98. The third-order valence-corrected chi connectivity index (χ3v) is 6.82. The first-order valence-corrected chi connectivity index (χ1v) is 12.2. The number of carbonyl (C=O) groups excluding carboxylic acids is 2. The number of allylic oxidation sites excluding steroid dienone is 2. The Morgan fingerprint density at radius 3 is 2.47 bits per heavy atom. The van der Waals surface area contributed by atoms with E-state index in [0.29, 0.717) is 29.0 Å². The van der Waals surface area contributed by atoms with Gasteiger partial charge in [-0.2, -0.15) is 0 Å². The lowest BCUT2D eigenvalue weighted by Crippen LogP contribution is -2.41. The van der Waals surface area contributed by atoms with Crippen LogP contribution in [0.25, 0.3) is 0 Å². The van der Waals surface area contributed by atoms with Gasteiger partial charge in [0.1, 0.15) is 5.82 Å². The topological polar surface area (TPSA) is 72.6 Å². The number of anilines is 1. The second-order valence-corrected chi connectivity index (χ2v) is 8.99. The molecule has 0 amide bonds. The van der Waals surface area contributed by atoms with Crippen molar-refractivity contribution in [3.63, 3.8) is 0 Å². The van der Waals surface area contributed by atoms with Crippen LogP contribution in [-0.4, -0.2) is 24.6 Å². The van der Waals surface area contributed by atoms with E-state index in [4.69, 9.17) is 22.1 Å². The van der Waals surface area contributed by atoms with Crippen LogP contribution in [-0.2, 0) is 14.3 Å². The van der Waals surface area contributed by atoms with Gasteiger partial charge in [-0.15, -0.1) is 11.8 Å². The van der Waals surface area contributed by atoms with Crippen molar-refractivity contribution in [3.05, 3.63) is 81.8 Å². The lowest BCUT2D eigenvalue weighted by molar-refractivity contribution is -0.138. The Hall–Kier alpha value is -2.70. The van der Waals surface area contributed by atoms with Crippen molar-refractivity contribution in [1.29, 1.82) is 0 Å². The molecular weight excluding hydrogens is 444 g/mol. The average Bonchev–Trinajstić information content (AvgIpc) is 2.79. The van der Waals surface area contributed by atoms with Crippen molar-refractivity contribution in [2.45, 2.75) is 37.0 Å². The van der Waals surface area contributed by atoms with Crippen LogP contribution in [0, 0.1) is 0 Å². The largest absolute Gasteiger partial charge is 0.463 e. The number of Topliss-reactive ketones (excluding diaryl/α,β-unsaturated/α-hetero) is 1. The molecule has 1 aliphatic heterocycles. The van der Waals surface area contributed by atoms with Crippen LogP contribution in [0.4, 0.5) is 5.69 Å². The number of halogens is 1. The summed E-state index contributed by atoms with van der Waals surface area (Å²) in [5, 5.41) is 0.597. The molecule has 0 saturated carbocycles. The molecule has 0 unspecified atom stereocenters. The second-order valence-electron chi connectivity index (χ2n) is 7.67. The Balaban J connectivity index is 1.96. The molecule has 1 aliphatic carbocycles. The van der Waals surface area contributed by atoms with Gasteiger partial charge in [-0.3, -0.25) is 9.69 Å². The van der Waals surface area contributed by atoms with E-state index < -0.39 is 11.9 Å². The third kappa shape index (κ3) is 4.05. The molecule has 1 heterocycles. The Bertz CT molecular complexity index is 1110. The molecule has 0 spiro atoms. The van der Waals surface area contributed by atoms with Gasteiger partial charge >= 0.3 is 5.97 Å². The summed E-state index contributed by atoms with van der Waals surface area (Å²) in [5.74, 6) is -0.735. The van der Waals surface area contributed by atoms with Crippen LogP contribution in [0.1, 0.15) is 37.7 Å². The number of thioether (sulfide) groups is 1. The number of ketones is 1. The first-order valence-electron chi connectivity index (χ1n) is 10.6. The standard InChI is InChI=1S/C25H25ClN2O3S/c1-3-31-25(30)23-21(15-7-13-18(32-2)14-8-15)22-19(5-4-6-20(22)29)28(24(23)27)17-11-9-16(26)10-12-17/h7-14,21H,3-6,27H2,1-2H3/t21-/m0/s1. The summed E-state index contributed by atoms with van der Waals surface area (Å²) < 4.78 is 5.40. The predicted molar refractivity (Wildman–Crippen MR) is 129 cm³/mol. The zero-order chi connectivity index (χ0) is 22.8. The lowest BCUT2D eigenvalue weighted by atomic mass is 9.75. The SMILES string of the molecule is CCOC(=O)C1=C(N)N(c2ccc(Cl)cc2)C2=C(C(=O)CCC2)[C@@H]1c1ccc(SC)cc1. The predicted octanol–water partition coefficient (Wildman–Crippen LogP) is 5.41. The number of ether oxygens (including phenoxy) is 1. The minimum Gasteiger partial charge on any atom is -0.463 e. The zero-order valence-corrected chi connectivity index (χ0v) is 19.6. The summed E-state index contributed by atoms with van der Waals surface area (Å²) in [6.45, 7) is 1.97. The minimum atomic E-state index is -0.559. The highest BCUT2D eigenvalue weighted by Crippen LogP contribution is 2.47. The summed E-state index contributed by atoms with van der Waals surface area (Å²) >= 11 is 7.73. The number of nitrogens with zero attached hydrogens (tertiary/aromatic N) is 1. The van der Waals surface area contributed by atoms with Gasteiger partial charge in [-0.05, 0) is 68.0 Å². The first-order chi connectivity index (χ1) is 15.5. The van der Waals surface area contributed by atoms with Crippen LogP contribution in [0.2, 0.25) is 5.02 Å². The molecule has 2 aromatic rings. The van der Waals surface area contributed by atoms with Crippen LogP contribution in [0.5, 0.6) is 0 Å². The van der Waals surface area contributed by atoms with Crippen molar-refractivity contribution in [3.8, 4) is 0 Å². The first kappa shape index (κ1) is 22.5. The number of carbonyl (C=O) groups is 2. The normalized spacial score (nSPS) is 18.7. The molecule has 1 atom stereocenters. The number of esters is 1. The van der Waals surface area contributed by atoms with Crippen LogP contribution >= 0.6 is 23.4 Å². The van der Waals surface area contributed by atoms with E-state index in [1.807, 2.05) is 47.6 Å². The number of rotatable bonds is 5. The van der Waals surface area contributed by atoms with Crippen LogP contribution in [0.15, 0.2) is 76.1 Å². The van der Waals surface area contributed by atoms with Crippen molar-refractivity contribution in [2.75, 3.05) is 17.8 Å². The van der Waals surface area contributed by atoms with Gasteiger partial charge in [-0.25, -0.2) is 4.79 Å². The molecule has 0 fully saturated rings. The lowest BCUT2D eigenvalue weighted by Gasteiger charge is -2.40. The van der Waals surface area contributed by atoms with E-state index in [0.717, 1.165) is 28.3 Å². The fourth-order valence-electron chi connectivity index (χ4n) is 4.41. The smallest absolute Gasteiger partial charge is 0.338 e. The zero-order valence-electron chi connectivity index (χ0n) is 18.1. The van der Waals surface area contributed by atoms with Gasteiger partial charge in [0.15, 0.2) is 5.78 Å². The molecule has 5 nitrogen and oxygen atoms in total. The van der Waals surface area contributed by atoms with Crippen molar-refractivity contribution in [1.82, 2.24) is 0 Å². The van der Waals surface area contributed by atoms with Crippen LogP contribution < -0.4 is 10.6 Å². The van der Waals surface area contributed by atoms with E-state index in [9.17, 15) is 9.59 Å². The number of hydrogen-bond donors (Lipinski definition) is 1. The monoisotopic (exact) mass is 468 g/mol. The van der Waals surface area contributed by atoms with Crippen molar-refractivity contribution >= 4 is 40.8 Å².